The van der Waals surface area contributed by atoms with Gasteiger partial charge >= 0.3 is 5.97 Å². The van der Waals surface area contributed by atoms with Gasteiger partial charge in [0.05, 0.1) is 31.9 Å². The number of carbonyl (C=O) groups excluding carboxylic acids is 1. The van der Waals surface area contributed by atoms with Gasteiger partial charge in [0.2, 0.25) is 0 Å². The predicted octanol–water partition coefficient (Wildman–Crippen LogP) is 5.66. The molecule has 0 fully saturated rings. The Morgan fingerprint density at radius 1 is 1.00 bits per heavy atom. The van der Waals surface area contributed by atoms with E-state index in [0.29, 0.717) is 27.1 Å². The lowest BCUT2D eigenvalue weighted by molar-refractivity contribution is -0.135. The molecule has 0 radical (unpaired) electrons. The summed E-state index contributed by atoms with van der Waals surface area (Å²) in [7, 11) is 4.41. The lowest BCUT2D eigenvalue weighted by atomic mass is 10.1. The quantitative estimate of drug-likeness (QED) is 0.509. The molecule has 0 aliphatic carbocycles. The SMILES string of the molecule is COC(=O)C1=C(O)/C(=C/c2ccc(OC)cc2OC)SC1=Nc1cccc2ccccc12. The van der Waals surface area contributed by atoms with Crippen molar-refractivity contribution >= 4 is 45.3 Å². The fourth-order valence-electron chi connectivity index (χ4n) is 3.38. The van der Waals surface area contributed by atoms with E-state index in [1.165, 1.54) is 18.9 Å². The summed E-state index contributed by atoms with van der Waals surface area (Å²) in [6, 6.07) is 19.0. The first kappa shape index (κ1) is 21.5. The van der Waals surface area contributed by atoms with E-state index in [9.17, 15) is 9.90 Å². The van der Waals surface area contributed by atoms with Crippen molar-refractivity contribution in [2.45, 2.75) is 0 Å². The van der Waals surface area contributed by atoms with Crippen LogP contribution in [0.3, 0.4) is 0 Å². The fraction of sp³-hybridized carbons (Fsp3) is 0.120. The van der Waals surface area contributed by atoms with E-state index < -0.39 is 5.97 Å². The first-order valence-corrected chi connectivity index (χ1v) is 10.6. The van der Waals surface area contributed by atoms with E-state index >= 15 is 0 Å². The summed E-state index contributed by atoms with van der Waals surface area (Å²) < 4.78 is 15.6. The number of aliphatic hydroxyl groups excluding tert-OH is 1. The van der Waals surface area contributed by atoms with Gasteiger partial charge in [0.25, 0.3) is 0 Å². The minimum absolute atomic E-state index is 0.0316. The Morgan fingerprint density at radius 3 is 2.53 bits per heavy atom. The highest BCUT2D eigenvalue weighted by Gasteiger charge is 2.33. The molecule has 7 heteroatoms. The van der Waals surface area contributed by atoms with E-state index in [4.69, 9.17) is 19.2 Å². The van der Waals surface area contributed by atoms with Crippen LogP contribution in [0, 0.1) is 0 Å². The van der Waals surface area contributed by atoms with Crippen molar-refractivity contribution in [1.29, 1.82) is 0 Å². The molecule has 0 aromatic heterocycles. The zero-order chi connectivity index (χ0) is 22.7. The summed E-state index contributed by atoms with van der Waals surface area (Å²) in [5.41, 5.74) is 1.45. The lowest BCUT2D eigenvalue weighted by Gasteiger charge is -2.08. The monoisotopic (exact) mass is 447 g/mol. The van der Waals surface area contributed by atoms with Gasteiger partial charge in [-0.05, 0) is 29.7 Å². The summed E-state index contributed by atoms with van der Waals surface area (Å²) >= 11 is 1.20. The average Bonchev–Trinajstić information content (AvgIpc) is 3.13. The second kappa shape index (κ2) is 9.20. The second-order valence-corrected chi connectivity index (χ2v) is 7.88. The first-order chi connectivity index (χ1) is 15.5. The summed E-state index contributed by atoms with van der Waals surface area (Å²) in [6.45, 7) is 0. The molecule has 1 aliphatic rings. The molecule has 1 heterocycles. The van der Waals surface area contributed by atoms with Gasteiger partial charge < -0.3 is 19.3 Å². The Bertz CT molecular complexity index is 1290. The van der Waals surface area contributed by atoms with Crippen molar-refractivity contribution in [2.24, 2.45) is 4.99 Å². The largest absolute Gasteiger partial charge is 0.506 e. The third-order valence-electron chi connectivity index (χ3n) is 5.00. The molecule has 3 aromatic rings. The van der Waals surface area contributed by atoms with Crippen LogP contribution in [0.25, 0.3) is 16.8 Å². The number of hydrogen-bond donors (Lipinski definition) is 1. The van der Waals surface area contributed by atoms with Crippen molar-refractivity contribution in [2.75, 3.05) is 21.3 Å². The van der Waals surface area contributed by atoms with Gasteiger partial charge in [-0.25, -0.2) is 9.79 Å². The molecule has 1 aliphatic heterocycles. The van der Waals surface area contributed by atoms with Crippen LogP contribution in [0.5, 0.6) is 11.5 Å². The maximum atomic E-state index is 12.5. The van der Waals surface area contributed by atoms with E-state index in [-0.39, 0.29) is 11.3 Å². The number of aliphatic hydroxyl groups is 1. The molecule has 3 aromatic carbocycles. The van der Waals surface area contributed by atoms with Crippen LogP contribution in [-0.2, 0) is 9.53 Å². The Kier molecular flexibility index (Phi) is 6.18. The fourth-order valence-corrected chi connectivity index (χ4v) is 4.40. The highest BCUT2D eigenvalue weighted by atomic mass is 32.2. The van der Waals surface area contributed by atoms with Crippen molar-refractivity contribution in [3.8, 4) is 11.5 Å². The Hall–Kier alpha value is -3.71. The Morgan fingerprint density at radius 2 is 1.78 bits per heavy atom. The maximum Gasteiger partial charge on any atom is 0.344 e. The van der Waals surface area contributed by atoms with Crippen LogP contribution in [0.4, 0.5) is 5.69 Å². The minimum Gasteiger partial charge on any atom is -0.506 e. The molecule has 0 spiro atoms. The van der Waals surface area contributed by atoms with E-state index in [0.717, 1.165) is 16.3 Å². The average molecular weight is 448 g/mol. The standard InChI is InChI=1S/C25H21NO5S/c1-29-17-12-11-16(20(14-17)30-2)13-21-23(27)22(25(28)31-3)24(32-21)26-19-10-6-8-15-7-4-5-9-18(15)19/h4-14,27H,1-3H3/b21-13-,26-24?. The molecule has 0 saturated carbocycles. The Labute approximate surface area is 189 Å². The topological polar surface area (TPSA) is 77.4 Å². The van der Waals surface area contributed by atoms with E-state index in [1.54, 1.807) is 32.4 Å². The number of ether oxygens (including phenoxy) is 3. The van der Waals surface area contributed by atoms with Crippen LogP contribution < -0.4 is 9.47 Å². The van der Waals surface area contributed by atoms with Crippen molar-refractivity contribution in [3.05, 3.63) is 82.5 Å². The number of rotatable bonds is 5. The van der Waals surface area contributed by atoms with Gasteiger partial charge in [0.15, 0.2) is 0 Å². The van der Waals surface area contributed by atoms with Crippen molar-refractivity contribution in [1.82, 2.24) is 0 Å². The minimum atomic E-state index is -0.654. The molecule has 162 valence electrons. The number of nitrogens with zero attached hydrogens (tertiary/aromatic N) is 1. The summed E-state index contributed by atoms with van der Waals surface area (Å²) in [5.74, 6) is 0.387. The molecule has 0 amide bonds. The summed E-state index contributed by atoms with van der Waals surface area (Å²) in [5, 5.41) is 13.2. The van der Waals surface area contributed by atoms with Gasteiger partial charge in [0, 0.05) is 17.0 Å². The van der Waals surface area contributed by atoms with Crippen molar-refractivity contribution < 1.29 is 24.1 Å². The van der Waals surface area contributed by atoms with E-state index in [2.05, 4.69) is 0 Å². The highest BCUT2D eigenvalue weighted by molar-refractivity contribution is 8.18. The molecule has 0 unspecified atom stereocenters. The van der Waals surface area contributed by atoms with Crippen LogP contribution in [0.2, 0.25) is 0 Å². The lowest BCUT2D eigenvalue weighted by Crippen LogP contribution is -2.10. The van der Waals surface area contributed by atoms with Crippen LogP contribution in [0.1, 0.15) is 5.56 Å². The normalized spacial score (nSPS) is 16.1. The van der Waals surface area contributed by atoms with Gasteiger partial charge in [-0.2, -0.15) is 0 Å². The highest BCUT2D eigenvalue weighted by Crippen LogP contribution is 2.42. The smallest absolute Gasteiger partial charge is 0.344 e. The number of carbonyl (C=O) groups is 1. The number of aliphatic imine (C=N–C) groups is 1. The molecular weight excluding hydrogens is 426 g/mol. The number of hydrogen-bond acceptors (Lipinski definition) is 7. The molecule has 32 heavy (non-hydrogen) atoms. The summed E-state index contributed by atoms with van der Waals surface area (Å²) in [4.78, 5) is 17.7. The zero-order valence-electron chi connectivity index (χ0n) is 17.8. The van der Waals surface area contributed by atoms with Gasteiger partial charge in [-0.15, -0.1) is 0 Å². The van der Waals surface area contributed by atoms with Crippen LogP contribution >= 0.6 is 11.8 Å². The van der Waals surface area contributed by atoms with Crippen molar-refractivity contribution in [3.63, 3.8) is 0 Å². The maximum absolute atomic E-state index is 12.5. The molecule has 6 nitrogen and oxygen atoms in total. The molecule has 0 bridgehead atoms. The Balaban J connectivity index is 1.82. The zero-order valence-corrected chi connectivity index (χ0v) is 18.6. The summed E-state index contributed by atoms with van der Waals surface area (Å²) in [6.07, 6.45) is 1.74. The number of methoxy groups -OCH3 is 3. The van der Waals surface area contributed by atoms with Crippen LogP contribution in [-0.4, -0.2) is 37.4 Å². The van der Waals surface area contributed by atoms with Gasteiger partial charge in [-0.1, -0.05) is 48.2 Å². The number of fused-ring (bicyclic) bond motifs is 1. The molecule has 1 N–H and O–H groups in total. The van der Waals surface area contributed by atoms with Crippen LogP contribution in [0.15, 0.2) is 81.9 Å². The molecule has 4 rings (SSSR count). The van der Waals surface area contributed by atoms with Gasteiger partial charge in [0.1, 0.15) is 27.9 Å². The first-order valence-electron chi connectivity index (χ1n) is 9.76. The third kappa shape index (κ3) is 4.07. The second-order valence-electron chi connectivity index (χ2n) is 6.85. The molecular formula is C25H21NO5S. The molecule has 0 saturated heterocycles. The molecule has 0 atom stereocenters. The third-order valence-corrected chi connectivity index (χ3v) is 6.02. The van der Waals surface area contributed by atoms with E-state index in [1.807, 2.05) is 48.5 Å². The van der Waals surface area contributed by atoms with Gasteiger partial charge in [-0.3, -0.25) is 0 Å². The number of esters is 1. The number of benzene rings is 3. The predicted molar refractivity (Wildman–Crippen MR) is 128 cm³/mol. The number of thioether (sulfide) groups is 1.